The molecule has 0 radical (unpaired) electrons. The van der Waals surface area contributed by atoms with Gasteiger partial charge in [-0.2, -0.15) is 0 Å². The second kappa shape index (κ2) is 4.11. The third-order valence-electron chi connectivity index (χ3n) is 1.66. The number of nitrogens with zero attached hydrogens (tertiary/aromatic N) is 2. The quantitative estimate of drug-likeness (QED) is 0.813. The van der Waals surface area contributed by atoms with Gasteiger partial charge in [0.2, 0.25) is 0 Å². The molecule has 70 valence electrons. The first-order valence-electron chi connectivity index (χ1n) is 4.14. The molecule has 0 saturated carbocycles. The minimum absolute atomic E-state index is 0.703. The van der Waals surface area contributed by atoms with Crippen molar-refractivity contribution in [2.24, 2.45) is 0 Å². The monoisotopic (exact) mass is 203 g/mol. The fourth-order valence-corrected chi connectivity index (χ4v) is 1.79. The third-order valence-corrected chi connectivity index (χ3v) is 2.71. The Hall–Kier alpha value is -1.55. The lowest BCUT2D eigenvalue weighted by Gasteiger charge is -2.02. The molecule has 2 rings (SSSR count). The maximum Gasteiger partial charge on any atom is 0.124 e. The van der Waals surface area contributed by atoms with Gasteiger partial charge in [-0.3, -0.25) is 4.98 Å². The highest BCUT2D eigenvalue weighted by Gasteiger charge is 2.01. The van der Waals surface area contributed by atoms with E-state index in [1.165, 1.54) is 11.8 Å². The molecule has 0 fully saturated rings. The highest BCUT2D eigenvalue weighted by atomic mass is 32.2. The van der Waals surface area contributed by atoms with Gasteiger partial charge in [0.15, 0.2) is 0 Å². The standard InChI is InChI=1S/C10H9N3S/c11-9-2-1-5-13-10(9)14-8-3-6-12-7-4-8/h1-7H,11H2. The Kier molecular flexibility index (Phi) is 2.65. The van der Waals surface area contributed by atoms with E-state index in [4.69, 9.17) is 5.73 Å². The summed E-state index contributed by atoms with van der Waals surface area (Å²) in [6.45, 7) is 0. The molecular formula is C10H9N3S. The molecule has 0 saturated heterocycles. The van der Waals surface area contributed by atoms with Gasteiger partial charge in [0.1, 0.15) is 5.03 Å². The second-order valence-electron chi connectivity index (χ2n) is 2.68. The maximum absolute atomic E-state index is 5.77. The zero-order chi connectivity index (χ0) is 9.80. The summed E-state index contributed by atoms with van der Waals surface area (Å²) in [4.78, 5) is 9.22. The van der Waals surface area contributed by atoms with Gasteiger partial charge in [-0.25, -0.2) is 4.98 Å². The van der Waals surface area contributed by atoms with Crippen molar-refractivity contribution in [3.05, 3.63) is 42.9 Å². The summed E-state index contributed by atoms with van der Waals surface area (Å²) < 4.78 is 0. The third kappa shape index (κ3) is 2.03. The zero-order valence-corrected chi connectivity index (χ0v) is 8.24. The van der Waals surface area contributed by atoms with Crippen LogP contribution in [0, 0.1) is 0 Å². The Balaban J connectivity index is 2.24. The van der Waals surface area contributed by atoms with Gasteiger partial charge in [0.25, 0.3) is 0 Å². The van der Waals surface area contributed by atoms with E-state index >= 15 is 0 Å². The van der Waals surface area contributed by atoms with E-state index in [1.807, 2.05) is 24.3 Å². The van der Waals surface area contributed by atoms with E-state index < -0.39 is 0 Å². The van der Waals surface area contributed by atoms with E-state index in [9.17, 15) is 0 Å². The van der Waals surface area contributed by atoms with Crippen LogP contribution in [0.4, 0.5) is 5.69 Å². The molecule has 4 heteroatoms. The van der Waals surface area contributed by atoms with Gasteiger partial charge < -0.3 is 5.73 Å². The molecule has 2 N–H and O–H groups in total. The summed E-state index contributed by atoms with van der Waals surface area (Å²) in [6, 6.07) is 7.53. The average molecular weight is 203 g/mol. The first-order chi connectivity index (χ1) is 6.86. The Bertz CT molecular complexity index is 417. The van der Waals surface area contributed by atoms with Gasteiger partial charge in [-0.15, -0.1) is 0 Å². The summed E-state index contributed by atoms with van der Waals surface area (Å²) in [5, 5.41) is 0.832. The van der Waals surface area contributed by atoms with Gasteiger partial charge in [0, 0.05) is 23.5 Å². The van der Waals surface area contributed by atoms with Crippen molar-refractivity contribution in [2.75, 3.05) is 5.73 Å². The molecule has 3 nitrogen and oxygen atoms in total. The number of pyridine rings is 2. The zero-order valence-electron chi connectivity index (χ0n) is 7.42. The van der Waals surface area contributed by atoms with Gasteiger partial charge >= 0.3 is 0 Å². The van der Waals surface area contributed by atoms with Crippen LogP contribution in [0.3, 0.4) is 0 Å². The lowest BCUT2D eigenvalue weighted by Crippen LogP contribution is -1.90. The smallest absolute Gasteiger partial charge is 0.124 e. The van der Waals surface area contributed by atoms with E-state index in [0.717, 1.165) is 9.92 Å². The summed E-state index contributed by atoms with van der Waals surface area (Å²) in [5.74, 6) is 0. The van der Waals surface area contributed by atoms with Crippen molar-refractivity contribution in [2.45, 2.75) is 9.92 Å². The first-order valence-corrected chi connectivity index (χ1v) is 4.96. The predicted octanol–water partition coefficient (Wildman–Crippen LogP) is 2.21. The van der Waals surface area contributed by atoms with Crippen LogP contribution in [0.1, 0.15) is 0 Å². The van der Waals surface area contributed by atoms with Crippen LogP contribution in [0.5, 0.6) is 0 Å². The van der Waals surface area contributed by atoms with E-state index in [-0.39, 0.29) is 0 Å². The minimum atomic E-state index is 0.703. The molecule has 0 aliphatic heterocycles. The van der Waals surface area contributed by atoms with E-state index in [2.05, 4.69) is 9.97 Å². The fourth-order valence-electron chi connectivity index (χ4n) is 1.01. The first kappa shape index (κ1) is 9.02. The number of anilines is 1. The van der Waals surface area contributed by atoms with Crippen LogP contribution >= 0.6 is 11.8 Å². The Morgan fingerprint density at radius 3 is 2.57 bits per heavy atom. The molecule has 0 aliphatic rings. The van der Waals surface area contributed by atoms with Crippen molar-refractivity contribution in [1.82, 2.24) is 9.97 Å². The molecule has 0 atom stereocenters. The Labute approximate surface area is 86.4 Å². The molecule has 0 amide bonds. The molecule has 0 spiro atoms. The number of aromatic nitrogens is 2. The highest BCUT2D eigenvalue weighted by Crippen LogP contribution is 2.28. The van der Waals surface area contributed by atoms with Crippen molar-refractivity contribution in [3.8, 4) is 0 Å². The largest absolute Gasteiger partial charge is 0.397 e. The normalized spacial score (nSPS) is 10.0. The molecule has 0 bridgehead atoms. The predicted molar refractivity (Wildman–Crippen MR) is 57.0 cm³/mol. The topological polar surface area (TPSA) is 51.8 Å². The minimum Gasteiger partial charge on any atom is -0.397 e. The Morgan fingerprint density at radius 2 is 1.86 bits per heavy atom. The number of hydrogen-bond acceptors (Lipinski definition) is 4. The molecule has 0 aliphatic carbocycles. The van der Waals surface area contributed by atoms with Crippen LogP contribution in [-0.2, 0) is 0 Å². The average Bonchev–Trinajstić information content (AvgIpc) is 2.23. The van der Waals surface area contributed by atoms with Crippen molar-refractivity contribution >= 4 is 17.4 Å². The van der Waals surface area contributed by atoms with Gasteiger partial charge in [-0.1, -0.05) is 11.8 Å². The van der Waals surface area contributed by atoms with Crippen molar-refractivity contribution in [3.63, 3.8) is 0 Å². The van der Waals surface area contributed by atoms with Crippen LogP contribution in [0.2, 0.25) is 0 Å². The lowest BCUT2D eigenvalue weighted by molar-refractivity contribution is 1.14. The van der Waals surface area contributed by atoms with Crippen molar-refractivity contribution in [1.29, 1.82) is 0 Å². The Morgan fingerprint density at radius 1 is 1.07 bits per heavy atom. The number of nitrogen functional groups attached to an aromatic ring is 1. The van der Waals surface area contributed by atoms with Crippen LogP contribution in [0.25, 0.3) is 0 Å². The number of hydrogen-bond donors (Lipinski definition) is 1. The molecular weight excluding hydrogens is 194 g/mol. The molecule has 2 aromatic rings. The van der Waals surface area contributed by atoms with Crippen molar-refractivity contribution < 1.29 is 0 Å². The lowest BCUT2D eigenvalue weighted by atomic mass is 10.4. The summed E-state index contributed by atoms with van der Waals surface area (Å²) in [6.07, 6.45) is 5.24. The SMILES string of the molecule is Nc1cccnc1Sc1ccncc1. The molecule has 2 heterocycles. The number of nitrogens with two attached hydrogens (primary N) is 1. The summed E-state index contributed by atoms with van der Waals surface area (Å²) in [7, 11) is 0. The summed E-state index contributed by atoms with van der Waals surface area (Å²) in [5.41, 5.74) is 6.47. The van der Waals surface area contributed by atoms with E-state index in [1.54, 1.807) is 18.6 Å². The fraction of sp³-hybridized carbons (Fsp3) is 0. The van der Waals surface area contributed by atoms with Crippen LogP contribution in [0.15, 0.2) is 52.8 Å². The molecule has 0 unspecified atom stereocenters. The van der Waals surface area contributed by atoms with Crippen LogP contribution in [-0.4, -0.2) is 9.97 Å². The highest BCUT2D eigenvalue weighted by molar-refractivity contribution is 7.99. The van der Waals surface area contributed by atoms with E-state index in [0.29, 0.717) is 5.69 Å². The summed E-state index contributed by atoms with van der Waals surface area (Å²) >= 11 is 1.54. The number of rotatable bonds is 2. The molecule has 2 aromatic heterocycles. The van der Waals surface area contributed by atoms with Gasteiger partial charge in [-0.05, 0) is 24.3 Å². The maximum atomic E-state index is 5.77. The second-order valence-corrected chi connectivity index (χ2v) is 3.74. The van der Waals surface area contributed by atoms with Crippen LogP contribution < -0.4 is 5.73 Å². The van der Waals surface area contributed by atoms with Gasteiger partial charge in [0.05, 0.1) is 5.69 Å². The molecule has 0 aromatic carbocycles. The molecule has 14 heavy (non-hydrogen) atoms.